The number of carboxylic acid groups (broad SMARTS) is 1. The third kappa shape index (κ3) is 3.74. The smallest absolute Gasteiger partial charge is 0.307 e. The average Bonchev–Trinajstić information content (AvgIpc) is 2.35. The predicted octanol–water partition coefficient (Wildman–Crippen LogP) is 1.15. The summed E-state index contributed by atoms with van der Waals surface area (Å²) >= 11 is 0. The lowest BCUT2D eigenvalue weighted by Gasteiger charge is -2.27. The van der Waals surface area contributed by atoms with Crippen molar-refractivity contribution in [2.24, 2.45) is 17.8 Å². The van der Waals surface area contributed by atoms with Gasteiger partial charge in [0.2, 0.25) is 5.91 Å². The van der Waals surface area contributed by atoms with E-state index < -0.39 is 17.8 Å². The Hall–Kier alpha value is -1.57. The van der Waals surface area contributed by atoms with Crippen molar-refractivity contribution in [1.29, 1.82) is 5.26 Å². The zero-order chi connectivity index (χ0) is 12.8. The Bertz CT molecular complexity index is 335. The van der Waals surface area contributed by atoms with Crippen molar-refractivity contribution in [2.45, 2.75) is 32.6 Å². The van der Waals surface area contributed by atoms with E-state index in [1.165, 1.54) is 0 Å². The number of amides is 1. The second-order valence-corrected chi connectivity index (χ2v) is 4.61. The molecule has 1 fully saturated rings. The third-order valence-corrected chi connectivity index (χ3v) is 3.22. The molecule has 1 aliphatic carbocycles. The minimum atomic E-state index is -0.891. The van der Waals surface area contributed by atoms with Crippen LogP contribution >= 0.6 is 0 Å². The molecule has 1 aliphatic rings. The number of hydrogen-bond acceptors (Lipinski definition) is 3. The lowest BCUT2D eigenvalue weighted by molar-refractivity contribution is -0.148. The van der Waals surface area contributed by atoms with Crippen molar-refractivity contribution >= 4 is 11.9 Å². The molecule has 0 saturated heterocycles. The molecule has 5 heteroatoms. The van der Waals surface area contributed by atoms with Gasteiger partial charge in [0.25, 0.3) is 0 Å². The largest absolute Gasteiger partial charge is 0.481 e. The number of nitriles is 1. The van der Waals surface area contributed by atoms with E-state index in [0.717, 1.165) is 12.8 Å². The van der Waals surface area contributed by atoms with Gasteiger partial charge in [0.1, 0.15) is 0 Å². The van der Waals surface area contributed by atoms with Crippen LogP contribution in [0.5, 0.6) is 0 Å². The maximum absolute atomic E-state index is 11.8. The fourth-order valence-electron chi connectivity index (χ4n) is 2.17. The van der Waals surface area contributed by atoms with Crippen LogP contribution in [0.1, 0.15) is 32.6 Å². The summed E-state index contributed by atoms with van der Waals surface area (Å²) in [5.74, 6) is -2.36. The Labute approximate surface area is 101 Å². The van der Waals surface area contributed by atoms with Gasteiger partial charge in [-0.3, -0.25) is 9.59 Å². The van der Waals surface area contributed by atoms with Gasteiger partial charge in [-0.05, 0) is 19.8 Å². The fourth-order valence-corrected chi connectivity index (χ4v) is 2.17. The molecule has 1 rings (SSSR count). The molecular formula is C12H18N2O3. The molecule has 0 aliphatic heterocycles. The summed E-state index contributed by atoms with van der Waals surface area (Å²) < 4.78 is 0. The Balaban J connectivity index is 2.54. The molecule has 0 radical (unpaired) electrons. The molecule has 17 heavy (non-hydrogen) atoms. The number of carboxylic acids is 1. The van der Waals surface area contributed by atoms with E-state index in [2.05, 4.69) is 5.32 Å². The van der Waals surface area contributed by atoms with Crippen molar-refractivity contribution in [3.05, 3.63) is 0 Å². The first kappa shape index (κ1) is 13.5. The molecule has 1 saturated carbocycles. The Morgan fingerprint density at radius 1 is 1.41 bits per heavy atom. The zero-order valence-electron chi connectivity index (χ0n) is 9.98. The van der Waals surface area contributed by atoms with Gasteiger partial charge in [0.05, 0.1) is 23.8 Å². The van der Waals surface area contributed by atoms with E-state index in [0.29, 0.717) is 12.8 Å². The second-order valence-electron chi connectivity index (χ2n) is 4.61. The third-order valence-electron chi connectivity index (χ3n) is 3.22. The Kier molecular flexibility index (Phi) is 4.95. The van der Waals surface area contributed by atoms with Crippen molar-refractivity contribution in [3.63, 3.8) is 0 Å². The molecule has 94 valence electrons. The number of rotatable bonds is 4. The molecule has 0 bridgehead atoms. The Morgan fingerprint density at radius 2 is 2.00 bits per heavy atom. The van der Waals surface area contributed by atoms with Crippen molar-refractivity contribution < 1.29 is 14.7 Å². The molecule has 1 unspecified atom stereocenters. The number of hydrogen-bond donors (Lipinski definition) is 2. The van der Waals surface area contributed by atoms with Crippen LogP contribution < -0.4 is 5.32 Å². The summed E-state index contributed by atoms with van der Waals surface area (Å²) in [4.78, 5) is 22.9. The molecule has 5 nitrogen and oxygen atoms in total. The van der Waals surface area contributed by atoms with Crippen molar-refractivity contribution in [1.82, 2.24) is 5.32 Å². The minimum absolute atomic E-state index is 0.223. The van der Waals surface area contributed by atoms with Gasteiger partial charge in [-0.2, -0.15) is 5.26 Å². The topological polar surface area (TPSA) is 90.2 Å². The van der Waals surface area contributed by atoms with Gasteiger partial charge < -0.3 is 10.4 Å². The molecule has 3 atom stereocenters. The fraction of sp³-hybridized carbons (Fsp3) is 0.750. The summed E-state index contributed by atoms with van der Waals surface area (Å²) in [7, 11) is 0. The van der Waals surface area contributed by atoms with Crippen molar-refractivity contribution in [2.75, 3.05) is 6.54 Å². The van der Waals surface area contributed by atoms with Gasteiger partial charge in [-0.1, -0.05) is 12.8 Å². The van der Waals surface area contributed by atoms with Crippen LogP contribution in [0.3, 0.4) is 0 Å². The second kappa shape index (κ2) is 6.24. The highest BCUT2D eigenvalue weighted by Gasteiger charge is 2.35. The Morgan fingerprint density at radius 3 is 2.53 bits per heavy atom. The zero-order valence-corrected chi connectivity index (χ0v) is 9.98. The van der Waals surface area contributed by atoms with E-state index in [-0.39, 0.29) is 18.4 Å². The van der Waals surface area contributed by atoms with Gasteiger partial charge in [-0.15, -0.1) is 0 Å². The molecule has 0 aromatic heterocycles. The average molecular weight is 238 g/mol. The van der Waals surface area contributed by atoms with E-state index in [4.69, 9.17) is 10.4 Å². The highest BCUT2D eigenvalue weighted by atomic mass is 16.4. The maximum Gasteiger partial charge on any atom is 0.307 e. The maximum atomic E-state index is 11.8. The highest BCUT2D eigenvalue weighted by Crippen LogP contribution is 2.30. The van der Waals surface area contributed by atoms with Crippen LogP contribution in [0, 0.1) is 29.1 Å². The number of carbonyl (C=O) groups excluding carboxylic acids is 1. The quantitative estimate of drug-likeness (QED) is 0.768. The van der Waals surface area contributed by atoms with E-state index >= 15 is 0 Å². The number of carbonyl (C=O) groups is 2. The molecule has 0 aromatic carbocycles. The number of nitrogens with zero attached hydrogens (tertiary/aromatic N) is 1. The first-order chi connectivity index (χ1) is 8.06. The standard InChI is InChI=1S/C12H18N2O3/c1-8(6-13)7-14-11(15)9-4-2-3-5-10(9)12(16)17/h8-10H,2-5,7H2,1H3,(H,14,15)(H,16,17)/t8?,9-,10+/m1/s1. The molecule has 0 heterocycles. The van der Waals surface area contributed by atoms with Crippen LogP contribution in [0.25, 0.3) is 0 Å². The molecule has 1 amide bonds. The van der Waals surface area contributed by atoms with Crippen LogP contribution in [0.4, 0.5) is 0 Å². The van der Waals surface area contributed by atoms with Gasteiger partial charge >= 0.3 is 5.97 Å². The summed E-state index contributed by atoms with van der Waals surface area (Å²) in [6.45, 7) is 2.01. The van der Waals surface area contributed by atoms with E-state index in [1.54, 1.807) is 6.92 Å². The van der Waals surface area contributed by atoms with Gasteiger partial charge in [-0.25, -0.2) is 0 Å². The molecule has 0 spiro atoms. The number of nitrogens with one attached hydrogen (secondary N) is 1. The minimum Gasteiger partial charge on any atom is -0.481 e. The monoisotopic (exact) mass is 238 g/mol. The normalized spacial score (nSPS) is 25.6. The molecular weight excluding hydrogens is 220 g/mol. The van der Waals surface area contributed by atoms with Crippen LogP contribution in [-0.2, 0) is 9.59 Å². The summed E-state index contributed by atoms with van der Waals surface area (Å²) in [5.41, 5.74) is 0. The van der Waals surface area contributed by atoms with Crippen LogP contribution in [-0.4, -0.2) is 23.5 Å². The summed E-state index contributed by atoms with van der Waals surface area (Å²) in [5, 5.41) is 20.3. The predicted molar refractivity (Wildman–Crippen MR) is 60.9 cm³/mol. The van der Waals surface area contributed by atoms with Gasteiger partial charge in [0.15, 0.2) is 0 Å². The molecule has 0 aromatic rings. The first-order valence-corrected chi connectivity index (χ1v) is 5.96. The highest BCUT2D eigenvalue weighted by molar-refractivity contribution is 5.84. The first-order valence-electron chi connectivity index (χ1n) is 5.96. The van der Waals surface area contributed by atoms with Crippen LogP contribution in [0.15, 0.2) is 0 Å². The van der Waals surface area contributed by atoms with Gasteiger partial charge in [0, 0.05) is 6.54 Å². The molecule has 2 N–H and O–H groups in total. The summed E-state index contributed by atoms with van der Waals surface area (Å²) in [6.07, 6.45) is 2.97. The van der Waals surface area contributed by atoms with Crippen LogP contribution in [0.2, 0.25) is 0 Å². The number of aliphatic carboxylic acids is 1. The van der Waals surface area contributed by atoms with E-state index in [1.807, 2.05) is 6.07 Å². The van der Waals surface area contributed by atoms with Crippen molar-refractivity contribution in [3.8, 4) is 6.07 Å². The lowest BCUT2D eigenvalue weighted by atomic mass is 9.78. The lowest BCUT2D eigenvalue weighted by Crippen LogP contribution is -2.41. The summed E-state index contributed by atoms with van der Waals surface area (Å²) in [6, 6.07) is 2.03. The SMILES string of the molecule is CC(C#N)CNC(=O)[C@@H]1CCCC[C@@H]1C(=O)O. The van der Waals surface area contributed by atoms with E-state index in [9.17, 15) is 9.59 Å².